The van der Waals surface area contributed by atoms with Crippen LogP contribution in [0.3, 0.4) is 0 Å². The van der Waals surface area contributed by atoms with Gasteiger partial charge in [0.1, 0.15) is 5.58 Å². The fraction of sp³-hybridized carbons (Fsp3) is 0.360. The number of rotatable bonds is 5. The van der Waals surface area contributed by atoms with Crippen LogP contribution < -0.4 is 10.7 Å². The van der Waals surface area contributed by atoms with Gasteiger partial charge in [-0.3, -0.25) is 9.59 Å². The minimum Gasteiger partial charge on any atom is -0.451 e. The van der Waals surface area contributed by atoms with Crippen LogP contribution in [0.15, 0.2) is 56.6 Å². The van der Waals surface area contributed by atoms with Gasteiger partial charge in [-0.2, -0.15) is 4.31 Å². The molecule has 1 N–H and O–H groups in total. The first-order chi connectivity index (χ1) is 15.7. The molecule has 0 unspecified atom stereocenters. The van der Waals surface area contributed by atoms with Crippen LogP contribution in [-0.2, 0) is 10.0 Å². The Kier molecular flexibility index (Phi) is 6.41. The smallest absolute Gasteiger partial charge is 0.291 e. The first-order valence-electron chi connectivity index (χ1n) is 11.2. The highest BCUT2D eigenvalue weighted by Crippen LogP contribution is 2.27. The fourth-order valence-electron chi connectivity index (χ4n) is 4.26. The highest BCUT2D eigenvalue weighted by molar-refractivity contribution is 7.89. The van der Waals surface area contributed by atoms with E-state index in [0.29, 0.717) is 23.2 Å². The van der Waals surface area contributed by atoms with E-state index in [9.17, 15) is 18.0 Å². The summed E-state index contributed by atoms with van der Waals surface area (Å²) in [7, 11) is -3.60. The lowest BCUT2D eigenvalue weighted by atomic mass is 10.0. The molecule has 7 nitrogen and oxygen atoms in total. The summed E-state index contributed by atoms with van der Waals surface area (Å²) in [6.45, 7) is 6.35. The number of hydrogen-bond donors (Lipinski definition) is 1. The molecule has 0 saturated carbocycles. The van der Waals surface area contributed by atoms with Crippen LogP contribution in [0.2, 0.25) is 0 Å². The Morgan fingerprint density at radius 2 is 1.79 bits per heavy atom. The third kappa shape index (κ3) is 4.58. The fourth-order valence-corrected chi connectivity index (χ4v) is 6.03. The molecule has 4 rings (SSSR count). The van der Waals surface area contributed by atoms with Gasteiger partial charge in [0.15, 0.2) is 11.2 Å². The molecule has 174 valence electrons. The van der Waals surface area contributed by atoms with E-state index in [1.54, 1.807) is 28.6 Å². The SMILES string of the molecule is CC[C@H]1CCCCN1S(=O)(=O)c1ccc(NC(=O)c2cc(=O)c3cc(C)c(C)cc3o2)cc1. The third-order valence-corrected chi connectivity index (χ3v) is 8.30. The van der Waals surface area contributed by atoms with Crippen molar-refractivity contribution in [3.05, 3.63) is 69.6 Å². The number of carbonyl (C=O) groups excluding carboxylic acids is 1. The van der Waals surface area contributed by atoms with Gasteiger partial charge >= 0.3 is 0 Å². The van der Waals surface area contributed by atoms with E-state index in [4.69, 9.17) is 4.42 Å². The molecule has 1 atom stereocenters. The van der Waals surface area contributed by atoms with Crippen molar-refractivity contribution < 1.29 is 17.6 Å². The van der Waals surface area contributed by atoms with Crippen molar-refractivity contribution in [3.8, 4) is 0 Å². The van der Waals surface area contributed by atoms with Gasteiger partial charge in [0.2, 0.25) is 10.0 Å². The highest BCUT2D eigenvalue weighted by atomic mass is 32.2. The van der Waals surface area contributed by atoms with Gasteiger partial charge in [0.25, 0.3) is 5.91 Å². The van der Waals surface area contributed by atoms with E-state index < -0.39 is 15.9 Å². The topological polar surface area (TPSA) is 96.7 Å². The lowest BCUT2D eigenvalue weighted by molar-refractivity contribution is 0.0997. The summed E-state index contributed by atoms with van der Waals surface area (Å²) in [6.07, 6.45) is 3.56. The Hall–Kier alpha value is -2.97. The normalized spacial score (nSPS) is 17.2. The number of nitrogens with one attached hydrogen (secondary N) is 1. The molecule has 0 spiro atoms. The van der Waals surface area contributed by atoms with Gasteiger partial charge < -0.3 is 9.73 Å². The van der Waals surface area contributed by atoms with Crippen LogP contribution in [0, 0.1) is 13.8 Å². The van der Waals surface area contributed by atoms with Crippen molar-refractivity contribution >= 4 is 32.6 Å². The second-order valence-corrected chi connectivity index (χ2v) is 10.5. The number of aryl methyl sites for hydroxylation is 2. The van der Waals surface area contributed by atoms with E-state index in [0.717, 1.165) is 36.8 Å². The summed E-state index contributed by atoms with van der Waals surface area (Å²) < 4.78 is 33.5. The quantitative estimate of drug-likeness (QED) is 0.590. The molecule has 1 aromatic heterocycles. The maximum Gasteiger partial charge on any atom is 0.291 e. The molecular formula is C25H28N2O5S. The number of hydrogen-bond acceptors (Lipinski definition) is 5. The summed E-state index contributed by atoms with van der Waals surface area (Å²) in [4.78, 5) is 25.4. The van der Waals surface area contributed by atoms with Crippen LogP contribution in [-0.4, -0.2) is 31.2 Å². The molecule has 8 heteroatoms. The Bertz CT molecular complexity index is 1360. The molecule has 1 aliphatic heterocycles. The number of benzene rings is 2. The summed E-state index contributed by atoms with van der Waals surface area (Å²) >= 11 is 0. The minimum atomic E-state index is -3.60. The molecule has 0 radical (unpaired) electrons. The summed E-state index contributed by atoms with van der Waals surface area (Å²) in [6, 6.07) is 10.8. The Labute approximate surface area is 193 Å². The number of nitrogens with zero attached hydrogens (tertiary/aromatic N) is 1. The number of carbonyl (C=O) groups is 1. The molecule has 1 fully saturated rings. The number of anilines is 1. The molecule has 2 heterocycles. The van der Waals surface area contributed by atoms with E-state index in [1.165, 1.54) is 18.2 Å². The summed E-state index contributed by atoms with van der Waals surface area (Å²) in [5.41, 5.74) is 2.39. The van der Waals surface area contributed by atoms with Crippen molar-refractivity contribution in [3.63, 3.8) is 0 Å². The van der Waals surface area contributed by atoms with Crippen molar-refractivity contribution in [2.75, 3.05) is 11.9 Å². The zero-order chi connectivity index (χ0) is 23.8. The minimum absolute atomic E-state index is 0.0198. The second kappa shape index (κ2) is 9.11. The lowest BCUT2D eigenvalue weighted by Crippen LogP contribution is -2.43. The van der Waals surface area contributed by atoms with Crippen LogP contribution in [0.5, 0.6) is 0 Å². The first-order valence-corrected chi connectivity index (χ1v) is 12.6. The molecule has 0 aliphatic carbocycles. The van der Waals surface area contributed by atoms with Gasteiger partial charge in [-0.1, -0.05) is 13.3 Å². The molecule has 1 aliphatic rings. The highest BCUT2D eigenvalue weighted by Gasteiger charge is 2.32. The number of amides is 1. The van der Waals surface area contributed by atoms with Gasteiger partial charge in [0, 0.05) is 24.3 Å². The van der Waals surface area contributed by atoms with Crippen LogP contribution >= 0.6 is 0 Å². The monoisotopic (exact) mass is 468 g/mol. The number of sulfonamides is 1. The Balaban J connectivity index is 1.55. The third-order valence-electron chi connectivity index (χ3n) is 6.33. The predicted octanol–water partition coefficient (Wildman–Crippen LogP) is 4.62. The van der Waals surface area contributed by atoms with E-state index in [-0.39, 0.29) is 22.1 Å². The van der Waals surface area contributed by atoms with Crippen molar-refractivity contribution in [1.82, 2.24) is 4.31 Å². The van der Waals surface area contributed by atoms with Crippen molar-refractivity contribution in [1.29, 1.82) is 0 Å². The second-order valence-electron chi connectivity index (χ2n) is 8.56. The van der Waals surface area contributed by atoms with Gasteiger partial charge in [0.05, 0.1) is 10.3 Å². The average Bonchev–Trinajstić information content (AvgIpc) is 2.80. The van der Waals surface area contributed by atoms with E-state index in [1.807, 2.05) is 20.8 Å². The molecule has 33 heavy (non-hydrogen) atoms. The number of piperidine rings is 1. The maximum atomic E-state index is 13.1. The zero-order valence-corrected chi connectivity index (χ0v) is 19.9. The maximum absolute atomic E-state index is 13.1. The van der Waals surface area contributed by atoms with Gasteiger partial charge in [-0.25, -0.2) is 8.42 Å². The lowest BCUT2D eigenvalue weighted by Gasteiger charge is -2.34. The predicted molar refractivity (Wildman–Crippen MR) is 128 cm³/mol. The van der Waals surface area contributed by atoms with Crippen LogP contribution in [0.4, 0.5) is 5.69 Å². The van der Waals surface area contributed by atoms with Gasteiger partial charge in [-0.15, -0.1) is 0 Å². The molecule has 3 aromatic rings. The standard InChI is InChI=1S/C25H28N2O5S/c1-4-19-7-5-6-12-27(19)33(30,31)20-10-8-18(9-11-20)26-25(29)24-15-22(28)21-13-16(2)17(3)14-23(21)32-24/h8-11,13-15,19H,4-7,12H2,1-3H3,(H,26,29)/t19-/m0/s1. The Morgan fingerprint density at radius 3 is 2.48 bits per heavy atom. The van der Waals surface area contributed by atoms with E-state index >= 15 is 0 Å². The van der Waals surface area contributed by atoms with Crippen molar-refractivity contribution in [2.24, 2.45) is 0 Å². The molecule has 1 amide bonds. The largest absolute Gasteiger partial charge is 0.451 e. The average molecular weight is 469 g/mol. The molecule has 0 bridgehead atoms. The molecule has 1 saturated heterocycles. The van der Waals surface area contributed by atoms with E-state index in [2.05, 4.69) is 5.32 Å². The van der Waals surface area contributed by atoms with Crippen molar-refractivity contribution in [2.45, 2.75) is 57.4 Å². The summed E-state index contributed by atoms with van der Waals surface area (Å²) in [5.74, 6) is -0.684. The molecular weight excluding hydrogens is 440 g/mol. The molecule has 2 aromatic carbocycles. The first kappa shape index (κ1) is 23.2. The zero-order valence-electron chi connectivity index (χ0n) is 19.1. The Morgan fingerprint density at radius 1 is 1.09 bits per heavy atom. The summed E-state index contributed by atoms with van der Waals surface area (Å²) in [5, 5.41) is 3.10. The number of fused-ring (bicyclic) bond motifs is 1. The van der Waals surface area contributed by atoms with Gasteiger partial charge in [-0.05, 0) is 80.6 Å². The van der Waals surface area contributed by atoms with Crippen LogP contribution in [0.1, 0.15) is 54.3 Å². The van der Waals surface area contributed by atoms with Crippen LogP contribution in [0.25, 0.3) is 11.0 Å².